The normalized spacial score (nSPS) is 10.8. The Bertz CT molecular complexity index is 540. The molecule has 0 spiro atoms. The van der Waals surface area contributed by atoms with Gasteiger partial charge in [-0.1, -0.05) is 35.4 Å². The lowest BCUT2D eigenvalue weighted by Crippen LogP contribution is -1.79. The van der Waals surface area contributed by atoms with Gasteiger partial charge >= 0.3 is 0 Å². The molecule has 0 radical (unpaired) electrons. The van der Waals surface area contributed by atoms with Crippen LogP contribution >= 0.6 is 41.2 Å². The first-order chi connectivity index (χ1) is 9.56. The van der Waals surface area contributed by atoms with Crippen LogP contribution in [0, 0.1) is 27.7 Å². The molecule has 0 nitrogen and oxygen atoms in total. The van der Waals surface area contributed by atoms with E-state index in [1.807, 2.05) is 41.2 Å². The Hall–Kier alpha value is -0.160. The minimum Gasteiger partial charge on any atom is -0.0582 e. The second-order valence-corrected chi connectivity index (χ2v) is 10.6. The van der Waals surface area contributed by atoms with Crippen molar-refractivity contribution in [3.8, 4) is 0 Å². The third-order valence-electron chi connectivity index (χ3n) is 2.94. The van der Waals surface area contributed by atoms with Crippen LogP contribution in [0.1, 0.15) is 22.3 Å². The molecule has 0 unspecified atom stereocenters. The van der Waals surface area contributed by atoms with Crippen LogP contribution in [0.4, 0.5) is 0 Å². The van der Waals surface area contributed by atoms with E-state index in [1.165, 1.54) is 32.0 Å². The van der Waals surface area contributed by atoms with Crippen molar-refractivity contribution >= 4 is 41.2 Å². The molecule has 0 amide bonds. The first-order valence-corrected chi connectivity index (χ1v) is 11.2. The predicted molar refractivity (Wildman–Crippen MR) is 98.7 cm³/mol. The van der Waals surface area contributed by atoms with Gasteiger partial charge in [-0.3, -0.25) is 0 Å². The van der Waals surface area contributed by atoms with Gasteiger partial charge in [0.2, 0.25) is 0 Å². The minimum atomic E-state index is 1.33. The molecule has 4 heteroatoms. The maximum absolute atomic E-state index is 2.24. The maximum atomic E-state index is 2.24. The van der Waals surface area contributed by atoms with E-state index in [2.05, 4.69) is 64.1 Å². The van der Waals surface area contributed by atoms with Crippen LogP contribution in [0.15, 0.2) is 46.2 Å². The molecule has 2 rings (SSSR count). The fourth-order valence-corrected chi connectivity index (χ4v) is 7.76. The number of rotatable bonds is 5. The summed E-state index contributed by atoms with van der Waals surface area (Å²) >= 11 is 0. The van der Waals surface area contributed by atoms with Gasteiger partial charge in [0.05, 0.1) is 0 Å². The lowest BCUT2D eigenvalue weighted by Gasteiger charge is -2.07. The fourth-order valence-electron chi connectivity index (χ4n) is 1.89. The van der Waals surface area contributed by atoms with Crippen molar-refractivity contribution in [1.82, 2.24) is 0 Å². The Balaban J connectivity index is 1.84. The van der Waals surface area contributed by atoms with Crippen molar-refractivity contribution in [2.75, 3.05) is 0 Å². The van der Waals surface area contributed by atoms with E-state index in [4.69, 9.17) is 0 Å². The van der Waals surface area contributed by atoms with E-state index in [1.54, 1.807) is 0 Å². The second kappa shape index (κ2) is 7.74. The first-order valence-electron chi connectivity index (χ1n) is 6.38. The fraction of sp³-hybridized carbons (Fsp3) is 0.250. The van der Waals surface area contributed by atoms with Crippen molar-refractivity contribution < 1.29 is 0 Å². The quantitative estimate of drug-likeness (QED) is 0.424. The highest BCUT2D eigenvalue weighted by Crippen LogP contribution is 2.50. The van der Waals surface area contributed by atoms with E-state index in [0.29, 0.717) is 0 Å². The van der Waals surface area contributed by atoms with E-state index >= 15 is 0 Å². The van der Waals surface area contributed by atoms with E-state index < -0.39 is 0 Å². The van der Waals surface area contributed by atoms with E-state index in [0.717, 1.165) is 0 Å². The Labute approximate surface area is 137 Å². The van der Waals surface area contributed by atoms with Gasteiger partial charge in [-0.15, -0.1) is 0 Å². The molecule has 0 aliphatic carbocycles. The molecule has 20 heavy (non-hydrogen) atoms. The Kier molecular flexibility index (Phi) is 6.27. The molecule has 0 aliphatic rings. The molecule has 0 N–H and O–H groups in total. The standard InChI is InChI=1S/C16H18S4/c1-11-5-7-15(13(3)9-11)17-19-20-18-16-8-6-12(2)10-14(16)4/h5-10H,1-4H3. The van der Waals surface area contributed by atoms with Crippen LogP contribution in [0.25, 0.3) is 0 Å². The third kappa shape index (κ3) is 4.69. The minimum absolute atomic E-state index is 1.33. The van der Waals surface area contributed by atoms with Gasteiger partial charge in [-0.25, -0.2) is 0 Å². The van der Waals surface area contributed by atoms with Gasteiger partial charge in [0, 0.05) is 9.79 Å². The zero-order valence-electron chi connectivity index (χ0n) is 12.1. The summed E-state index contributed by atoms with van der Waals surface area (Å²) in [6, 6.07) is 13.3. The molecule has 0 bridgehead atoms. The van der Waals surface area contributed by atoms with E-state index in [9.17, 15) is 0 Å². The number of benzene rings is 2. The summed E-state index contributed by atoms with van der Waals surface area (Å²) in [5.41, 5.74) is 5.38. The Morgan fingerprint density at radius 2 is 1.00 bits per heavy atom. The first kappa shape index (κ1) is 16.2. The molecular weight excluding hydrogens is 320 g/mol. The molecule has 0 aromatic heterocycles. The summed E-state index contributed by atoms with van der Waals surface area (Å²) in [6.45, 7) is 8.63. The highest BCUT2D eigenvalue weighted by Gasteiger charge is 2.03. The van der Waals surface area contributed by atoms with Crippen molar-refractivity contribution in [3.05, 3.63) is 58.7 Å². The molecule has 0 heterocycles. The topological polar surface area (TPSA) is 0 Å². The molecule has 2 aromatic carbocycles. The molecule has 0 saturated heterocycles. The van der Waals surface area contributed by atoms with Crippen LogP contribution in [-0.2, 0) is 0 Å². The van der Waals surface area contributed by atoms with Crippen LogP contribution in [-0.4, -0.2) is 0 Å². The Morgan fingerprint density at radius 3 is 1.35 bits per heavy atom. The summed E-state index contributed by atoms with van der Waals surface area (Å²) < 4.78 is 0. The molecule has 2 aromatic rings. The van der Waals surface area contributed by atoms with Crippen molar-refractivity contribution in [2.45, 2.75) is 37.5 Å². The maximum Gasteiger partial charge on any atom is 0.0220 e. The van der Waals surface area contributed by atoms with Crippen LogP contribution in [0.3, 0.4) is 0 Å². The number of aryl methyl sites for hydroxylation is 4. The van der Waals surface area contributed by atoms with Gasteiger partial charge in [-0.05, 0) is 92.2 Å². The molecular formula is C16H18S4. The summed E-state index contributed by atoms with van der Waals surface area (Å²) in [7, 11) is 7.35. The zero-order chi connectivity index (χ0) is 14.5. The third-order valence-corrected chi connectivity index (χ3v) is 9.28. The molecule has 0 aliphatic heterocycles. The van der Waals surface area contributed by atoms with Crippen LogP contribution in [0.2, 0.25) is 0 Å². The number of hydrogen-bond donors (Lipinski definition) is 0. The molecule has 106 valence electrons. The SMILES string of the molecule is Cc1ccc(SSSSc2ccc(C)cc2C)c(C)c1. The summed E-state index contributed by atoms with van der Waals surface area (Å²) in [5.74, 6) is 0. The monoisotopic (exact) mass is 338 g/mol. The highest BCUT2D eigenvalue weighted by atomic mass is 33.7. The lowest BCUT2D eigenvalue weighted by molar-refractivity contribution is 1.27. The largest absolute Gasteiger partial charge is 0.0582 e. The molecule has 0 atom stereocenters. The van der Waals surface area contributed by atoms with Crippen LogP contribution in [0.5, 0.6) is 0 Å². The van der Waals surface area contributed by atoms with Gasteiger partial charge in [0.15, 0.2) is 0 Å². The zero-order valence-corrected chi connectivity index (χ0v) is 15.4. The molecule has 0 saturated carbocycles. The van der Waals surface area contributed by atoms with Gasteiger partial charge in [-0.2, -0.15) is 0 Å². The highest BCUT2D eigenvalue weighted by molar-refractivity contribution is 9.26. The van der Waals surface area contributed by atoms with Gasteiger partial charge < -0.3 is 0 Å². The van der Waals surface area contributed by atoms with Crippen molar-refractivity contribution in [1.29, 1.82) is 0 Å². The average Bonchev–Trinajstić information content (AvgIpc) is 2.39. The predicted octanol–water partition coefficient (Wildman–Crippen LogP) is 7.02. The summed E-state index contributed by atoms with van der Waals surface area (Å²) in [6.07, 6.45) is 0. The van der Waals surface area contributed by atoms with Crippen molar-refractivity contribution in [3.63, 3.8) is 0 Å². The summed E-state index contributed by atoms with van der Waals surface area (Å²) in [5, 5.41) is 0. The van der Waals surface area contributed by atoms with Crippen molar-refractivity contribution in [2.24, 2.45) is 0 Å². The second-order valence-electron chi connectivity index (χ2n) is 4.84. The smallest absolute Gasteiger partial charge is 0.0220 e. The number of hydrogen-bond acceptors (Lipinski definition) is 4. The Morgan fingerprint density at radius 1 is 0.600 bits per heavy atom. The average molecular weight is 339 g/mol. The molecule has 0 fully saturated rings. The van der Waals surface area contributed by atoms with Gasteiger partial charge in [0.25, 0.3) is 0 Å². The van der Waals surface area contributed by atoms with E-state index in [-0.39, 0.29) is 0 Å². The summed E-state index contributed by atoms with van der Waals surface area (Å²) in [4.78, 5) is 2.71. The van der Waals surface area contributed by atoms with Gasteiger partial charge in [0.1, 0.15) is 0 Å². The van der Waals surface area contributed by atoms with Crippen LogP contribution < -0.4 is 0 Å². The lowest BCUT2D eigenvalue weighted by atomic mass is 10.2.